The van der Waals surface area contributed by atoms with Crippen molar-refractivity contribution in [3.8, 4) is 0 Å². The van der Waals surface area contributed by atoms with Crippen LogP contribution in [0.25, 0.3) is 0 Å². The molecule has 1 N–H and O–H groups in total. The topological polar surface area (TPSA) is 33.7 Å². The second-order valence-corrected chi connectivity index (χ2v) is 5.15. The van der Waals surface area contributed by atoms with E-state index in [2.05, 4.69) is 17.1 Å². The summed E-state index contributed by atoms with van der Waals surface area (Å²) in [6.45, 7) is 6.25. The van der Waals surface area contributed by atoms with Crippen molar-refractivity contribution in [3.63, 3.8) is 0 Å². The molecule has 114 valence electrons. The molecule has 0 radical (unpaired) electrons. The standard InChI is InChI=1S/C15H25ClN2O2/c1-13(12-20-3)18(10-11-19-2)9-8-17-15-7-5-4-6-14(15)16/h4-7,13,17H,8-12H2,1-3H3. The van der Waals surface area contributed by atoms with Gasteiger partial charge in [-0.25, -0.2) is 0 Å². The summed E-state index contributed by atoms with van der Waals surface area (Å²) in [6.07, 6.45) is 0. The Kier molecular flexibility index (Phi) is 8.62. The maximum absolute atomic E-state index is 6.12. The van der Waals surface area contributed by atoms with Gasteiger partial charge in [0, 0.05) is 39.9 Å². The highest BCUT2D eigenvalue weighted by Gasteiger charge is 2.13. The molecule has 0 aliphatic rings. The number of halogens is 1. The zero-order valence-electron chi connectivity index (χ0n) is 12.6. The van der Waals surface area contributed by atoms with Gasteiger partial charge in [-0.05, 0) is 19.1 Å². The average molecular weight is 301 g/mol. The molecule has 1 aromatic rings. The Balaban J connectivity index is 2.43. The zero-order valence-corrected chi connectivity index (χ0v) is 13.3. The van der Waals surface area contributed by atoms with Gasteiger partial charge < -0.3 is 14.8 Å². The lowest BCUT2D eigenvalue weighted by Gasteiger charge is -2.28. The lowest BCUT2D eigenvalue weighted by atomic mass is 10.3. The van der Waals surface area contributed by atoms with Crippen LogP contribution in [-0.4, -0.2) is 58.0 Å². The Bertz CT molecular complexity index is 377. The van der Waals surface area contributed by atoms with Gasteiger partial charge in [-0.1, -0.05) is 23.7 Å². The first-order valence-electron chi connectivity index (χ1n) is 6.89. The van der Waals surface area contributed by atoms with Crippen LogP contribution >= 0.6 is 11.6 Å². The van der Waals surface area contributed by atoms with Crippen molar-refractivity contribution < 1.29 is 9.47 Å². The predicted octanol–water partition coefficient (Wildman–Crippen LogP) is 2.74. The molecule has 0 spiro atoms. The average Bonchev–Trinajstić information content (AvgIpc) is 2.44. The quantitative estimate of drug-likeness (QED) is 0.720. The first kappa shape index (κ1) is 17.2. The van der Waals surface area contributed by atoms with E-state index in [1.54, 1.807) is 14.2 Å². The summed E-state index contributed by atoms with van der Waals surface area (Å²) in [7, 11) is 3.45. The SMILES string of the molecule is COCCN(CCNc1ccccc1Cl)C(C)COC. The van der Waals surface area contributed by atoms with Crippen molar-refractivity contribution in [1.29, 1.82) is 0 Å². The number of benzene rings is 1. The van der Waals surface area contributed by atoms with Crippen molar-refractivity contribution in [2.45, 2.75) is 13.0 Å². The molecule has 1 aromatic carbocycles. The highest BCUT2D eigenvalue weighted by molar-refractivity contribution is 6.33. The molecule has 4 nitrogen and oxygen atoms in total. The fraction of sp³-hybridized carbons (Fsp3) is 0.600. The van der Waals surface area contributed by atoms with Crippen molar-refractivity contribution in [2.75, 3.05) is 52.4 Å². The number of hydrogen-bond donors (Lipinski definition) is 1. The van der Waals surface area contributed by atoms with E-state index in [-0.39, 0.29) is 0 Å². The molecule has 1 rings (SSSR count). The van der Waals surface area contributed by atoms with Gasteiger partial charge >= 0.3 is 0 Å². The third kappa shape index (κ3) is 6.09. The Morgan fingerprint density at radius 1 is 1.20 bits per heavy atom. The molecule has 0 heterocycles. The van der Waals surface area contributed by atoms with E-state index in [1.165, 1.54) is 0 Å². The summed E-state index contributed by atoms with van der Waals surface area (Å²) >= 11 is 6.12. The summed E-state index contributed by atoms with van der Waals surface area (Å²) in [5.74, 6) is 0. The zero-order chi connectivity index (χ0) is 14.8. The summed E-state index contributed by atoms with van der Waals surface area (Å²) in [4.78, 5) is 2.34. The fourth-order valence-electron chi connectivity index (χ4n) is 2.05. The maximum atomic E-state index is 6.12. The number of hydrogen-bond acceptors (Lipinski definition) is 4. The van der Waals surface area contributed by atoms with E-state index in [0.29, 0.717) is 6.04 Å². The molecule has 0 aliphatic heterocycles. The first-order valence-corrected chi connectivity index (χ1v) is 7.27. The molecule has 0 fully saturated rings. The molecule has 0 aliphatic carbocycles. The minimum Gasteiger partial charge on any atom is -0.383 e. The van der Waals surface area contributed by atoms with Crippen LogP contribution in [0.3, 0.4) is 0 Å². The largest absolute Gasteiger partial charge is 0.383 e. The highest BCUT2D eigenvalue weighted by atomic mass is 35.5. The molecular formula is C15H25ClN2O2. The van der Waals surface area contributed by atoms with E-state index < -0.39 is 0 Å². The van der Waals surface area contributed by atoms with Crippen LogP contribution in [-0.2, 0) is 9.47 Å². The van der Waals surface area contributed by atoms with E-state index in [4.69, 9.17) is 21.1 Å². The van der Waals surface area contributed by atoms with E-state index in [1.807, 2.05) is 24.3 Å². The Morgan fingerprint density at radius 3 is 2.60 bits per heavy atom. The summed E-state index contributed by atoms with van der Waals surface area (Å²) in [5.41, 5.74) is 0.972. The van der Waals surface area contributed by atoms with Crippen LogP contribution in [0.1, 0.15) is 6.92 Å². The monoisotopic (exact) mass is 300 g/mol. The Labute approximate surface area is 127 Å². The number of anilines is 1. The van der Waals surface area contributed by atoms with Crippen LogP contribution in [0.15, 0.2) is 24.3 Å². The normalized spacial score (nSPS) is 12.7. The Hall–Kier alpha value is -0.810. The molecule has 1 unspecified atom stereocenters. The maximum Gasteiger partial charge on any atom is 0.0637 e. The smallest absolute Gasteiger partial charge is 0.0637 e. The van der Waals surface area contributed by atoms with Gasteiger partial charge in [0.15, 0.2) is 0 Å². The van der Waals surface area contributed by atoms with Crippen molar-refractivity contribution in [2.24, 2.45) is 0 Å². The van der Waals surface area contributed by atoms with Gasteiger partial charge in [0.1, 0.15) is 0 Å². The summed E-state index contributed by atoms with van der Waals surface area (Å²) in [5, 5.41) is 4.11. The van der Waals surface area contributed by atoms with Crippen LogP contribution in [0, 0.1) is 0 Å². The second-order valence-electron chi connectivity index (χ2n) is 4.74. The molecule has 0 saturated heterocycles. The second kappa shape index (κ2) is 10.00. The minimum atomic E-state index is 0.364. The minimum absolute atomic E-state index is 0.364. The molecule has 5 heteroatoms. The number of methoxy groups -OCH3 is 2. The molecule has 1 atom stereocenters. The van der Waals surface area contributed by atoms with Crippen molar-refractivity contribution >= 4 is 17.3 Å². The van der Waals surface area contributed by atoms with E-state index in [9.17, 15) is 0 Å². The van der Waals surface area contributed by atoms with Gasteiger partial charge in [0.25, 0.3) is 0 Å². The molecule has 0 aromatic heterocycles. The van der Waals surface area contributed by atoms with E-state index in [0.717, 1.165) is 43.6 Å². The lowest BCUT2D eigenvalue weighted by molar-refractivity contribution is 0.0777. The van der Waals surface area contributed by atoms with Crippen molar-refractivity contribution in [1.82, 2.24) is 4.90 Å². The lowest BCUT2D eigenvalue weighted by Crippen LogP contribution is -2.41. The van der Waals surface area contributed by atoms with Gasteiger partial charge in [-0.3, -0.25) is 4.90 Å². The molecule has 0 saturated carbocycles. The first-order chi connectivity index (χ1) is 9.69. The summed E-state index contributed by atoms with van der Waals surface area (Å²) in [6, 6.07) is 8.15. The molecule has 0 amide bonds. The number of ether oxygens (including phenoxy) is 2. The van der Waals surface area contributed by atoms with Crippen LogP contribution in [0.4, 0.5) is 5.69 Å². The number of nitrogens with zero attached hydrogens (tertiary/aromatic N) is 1. The summed E-state index contributed by atoms with van der Waals surface area (Å²) < 4.78 is 10.4. The Morgan fingerprint density at radius 2 is 1.95 bits per heavy atom. The molecule has 20 heavy (non-hydrogen) atoms. The van der Waals surface area contributed by atoms with Crippen LogP contribution < -0.4 is 5.32 Å². The van der Waals surface area contributed by atoms with Crippen LogP contribution in [0.2, 0.25) is 5.02 Å². The van der Waals surface area contributed by atoms with Gasteiger partial charge in [0.2, 0.25) is 0 Å². The third-order valence-corrected chi connectivity index (χ3v) is 3.53. The van der Waals surface area contributed by atoms with Gasteiger partial charge in [0.05, 0.1) is 23.9 Å². The third-order valence-electron chi connectivity index (χ3n) is 3.20. The molecule has 0 bridgehead atoms. The van der Waals surface area contributed by atoms with Gasteiger partial charge in [-0.15, -0.1) is 0 Å². The predicted molar refractivity (Wildman–Crippen MR) is 84.7 cm³/mol. The highest BCUT2D eigenvalue weighted by Crippen LogP contribution is 2.19. The number of para-hydroxylation sites is 1. The number of nitrogens with one attached hydrogen (secondary N) is 1. The van der Waals surface area contributed by atoms with Gasteiger partial charge in [-0.2, -0.15) is 0 Å². The van der Waals surface area contributed by atoms with Crippen LogP contribution in [0.5, 0.6) is 0 Å². The molecular weight excluding hydrogens is 276 g/mol. The van der Waals surface area contributed by atoms with Crippen molar-refractivity contribution in [3.05, 3.63) is 29.3 Å². The van der Waals surface area contributed by atoms with E-state index >= 15 is 0 Å². The fourth-order valence-corrected chi connectivity index (χ4v) is 2.25. The number of rotatable bonds is 10.